The summed E-state index contributed by atoms with van der Waals surface area (Å²) in [5.74, 6) is -0.901. The second-order valence-electron chi connectivity index (χ2n) is 6.36. The van der Waals surface area contributed by atoms with Crippen molar-refractivity contribution in [3.05, 3.63) is 71.1 Å². The van der Waals surface area contributed by atoms with Crippen LogP contribution in [0.2, 0.25) is 5.02 Å². The second kappa shape index (κ2) is 5.97. The smallest absolute Gasteiger partial charge is 0.267 e. The van der Waals surface area contributed by atoms with Gasteiger partial charge in [0.05, 0.1) is 27.2 Å². The highest BCUT2D eigenvalue weighted by molar-refractivity contribution is 6.41. The van der Waals surface area contributed by atoms with Gasteiger partial charge < -0.3 is 0 Å². The van der Waals surface area contributed by atoms with E-state index in [-0.39, 0.29) is 11.1 Å². The third-order valence-electron chi connectivity index (χ3n) is 4.73. The van der Waals surface area contributed by atoms with Crippen molar-refractivity contribution >= 4 is 40.1 Å². The molecule has 28 heavy (non-hydrogen) atoms. The Morgan fingerprint density at radius 2 is 1.82 bits per heavy atom. The van der Waals surface area contributed by atoms with Crippen molar-refractivity contribution in [2.24, 2.45) is 7.05 Å². The molecule has 136 valence electrons. The van der Waals surface area contributed by atoms with Crippen molar-refractivity contribution in [2.75, 3.05) is 4.90 Å². The lowest BCUT2D eigenvalue weighted by molar-refractivity contribution is 0.0926. The fraction of sp³-hybridized carbons (Fsp3) is 0.0500. The Balaban J connectivity index is 1.80. The van der Waals surface area contributed by atoms with Crippen LogP contribution in [0.1, 0.15) is 20.7 Å². The number of rotatable bonds is 2. The fourth-order valence-electron chi connectivity index (χ4n) is 3.48. The van der Waals surface area contributed by atoms with Crippen LogP contribution < -0.4 is 4.90 Å². The summed E-state index contributed by atoms with van der Waals surface area (Å²) in [7, 11) is 1.74. The summed E-state index contributed by atoms with van der Waals surface area (Å²) in [6.45, 7) is 0. The molecule has 0 bridgehead atoms. The highest BCUT2D eigenvalue weighted by Gasteiger charge is 2.41. The van der Waals surface area contributed by atoms with E-state index in [1.807, 2.05) is 6.07 Å². The van der Waals surface area contributed by atoms with Gasteiger partial charge in [-0.2, -0.15) is 5.10 Å². The van der Waals surface area contributed by atoms with Gasteiger partial charge in [0.15, 0.2) is 5.65 Å². The molecule has 7 nitrogen and oxygen atoms in total. The number of benzene rings is 1. The van der Waals surface area contributed by atoms with Crippen LogP contribution in [0.25, 0.3) is 22.3 Å². The Kier molecular flexibility index (Phi) is 3.53. The molecule has 2 amide bonds. The molecule has 0 N–H and O–H groups in total. The lowest BCUT2D eigenvalue weighted by Crippen LogP contribution is -2.29. The molecule has 1 aliphatic heterocycles. The first-order valence-corrected chi connectivity index (χ1v) is 8.85. The molecule has 1 aromatic carbocycles. The van der Waals surface area contributed by atoms with Crippen LogP contribution in [0.3, 0.4) is 0 Å². The molecule has 1 aliphatic rings. The Hall–Kier alpha value is -3.58. The van der Waals surface area contributed by atoms with Gasteiger partial charge in [0.2, 0.25) is 0 Å². The number of para-hydroxylation sites is 1. The fourth-order valence-corrected chi connectivity index (χ4v) is 3.70. The first-order valence-electron chi connectivity index (χ1n) is 8.47. The number of imide groups is 1. The minimum atomic E-state index is -0.455. The topological polar surface area (TPSA) is 81.0 Å². The van der Waals surface area contributed by atoms with Gasteiger partial charge in [-0.3, -0.25) is 14.6 Å². The molecule has 3 aromatic heterocycles. The normalized spacial score (nSPS) is 13.4. The van der Waals surface area contributed by atoms with Crippen LogP contribution in [0.5, 0.6) is 0 Å². The quantitative estimate of drug-likeness (QED) is 0.490. The zero-order valence-corrected chi connectivity index (χ0v) is 15.4. The minimum absolute atomic E-state index is 0.232. The van der Waals surface area contributed by atoms with E-state index in [0.29, 0.717) is 27.4 Å². The van der Waals surface area contributed by atoms with E-state index in [1.165, 1.54) is 6.20 Å². The van der Waals surface area contributed by atoms with Gasteiger partial charge in [-0.1, -0.05) is 23.7 Å². The molecule has 0 atom stereocenters. The summed E-state index contributed by atoms with van der Waals surface area (Å²) in [6.07, 6.45) is 4.74. The van der Waals surface area contributed by atoms with Crippen LogP contribution in [0, 0.1) is 0 Å². The van der Waals surface area contributed by atoms with Gasteiger partial charge in [0, 0.05) is 31.2 Å². The maximum atomic E-state index is 13.3. The summed E-state index contributed by atoms with van der Waals surface area (Å²) in [4.78, 5) is 36.0. The number of anilines is 1. The number of fused-ring (bicyclic) bond motifs is 3. The Bertz CT molecular complexity index is 1280. The largest absolute Gasteiger partial charge is 0.268 e. The van der Waals surface area contributed by atoms with Crippen LogP contribution in [0.15, 0.2) is 55.0 Å². The van der Waals surface area contributed by atoms with Crippen molar-refractivity contribution in [3.63, 3.8) is 0 Å². The summed E-state index contributed by atoms with van der Waals surface area (Å²) in [5.41, 5.74) is 2.66. The first kappa shape index (κ1) is 16.6. The van der Waals surface area contributed by atoms with Crippen molar-refractivity contribution in [1.29, 1.82) is 0 Å². The molecule has 0 fully saturated rings. The number of carbonyl (C=O) groups is 2. The van der Waals surface area contributed by atoms with Crippen LogP contribution >= 0.6 is 11.6 Å². The monoisotopic (exact) mass is 389 g/mol. The number of hydrogen-bond acceptors (Lipinski definition) is 5. The molecule has 4 aromatic rings. The molecule has 0 saturated carbocycles. The molecule has 0 saturated heterocycles. The zero-order valence-electron chi connectivity index (χ0n) is 14.6. The summed E-state index contributed by atoms with van der Waals surface area (Å²) in [6, 6.07) is 10.4. The van der Waals surface area contributed by atoms with Gasteiger partial charge in [-0.05, 0) is 24.3 Å². The van der Waals surface area contributed by atoms with Crippen LogP contribution in [-0.2, 0) is 7.05 Å². The molecular formula is C20H12ClN5O2. The van der Waals surface area contributed by atoms with E-state index in [4.69, 9.17) is 11.6 Å². The predicted octanol–water partition coefficient (Wildman–Crippen LogP) is 3.48. The predicted molar refractivity (Wildman–Crippen MR) is 104 cm³/mol. The van der Waals surface area contributed by atoms with Gasteiger partial charge in [-0.25, -0.2) is 14.6 Å². The molecule has 8 heteroatoms. The molecule has 0 spiro atoms. The minimum Gasteiger partial charge on any atom is -0.268 e. The Morgan fingerprint density at radius 3 is 2.57 bits per heavy atom. The number of pyridine rings is 2. The molecule has 5 rings (SSSR count). The van der Waals surface area contributed by atoms with Crippen LogP contribution in [-0.4, -0.2) is 31.6 Å². The van der Waals surface area contributed by atoms with E-state index >= 15 is 0 Å². The summed E-state index contributed by atoms with van der Waals surface area (Å²) in [5, 5.41) is 5.37. The molecular weight excluding hydrogens is 378 g/mol. The van der Waals surface area contributed by atoms with E-state index in [1.54, 1.807) is 54.5 Å². The maximum Gasteiger partial charge on any atom is 0.267 e. The number of aromatic nitrogens is 4. The third-order valence-corrected chi connectivity index (χ3v) is 5.05. The second-order valence-corrected chi connectivity index (χ2v) is 6.76. The molecule has 0 aliphatic carbocycles. The first-order chi connectivity index (χ1) is 13.6. The Morgan fingerprint density at radius 1 is 1.00 bits per heavy atom. The third kappa shape index (κ3) is 2.20. The van der Waals surface area contributed by atoms with E-state index < -0.39 is 11.8 Å². The molecule has 4 heterocycles. The van der Waals surface area contributed by atoms with E-state index in [9.17, 15) is 9.59 Å². The summed E-state index contributed by atoms with van der Waals surface area (Å²) < 4.78 is 1.59. The van der Waals surface area contributed by atoms with E-state index in [2.05, 4.69) is 15.1 Å². The van der Waals surface area contributed by atoms with Crippen molar-refractivity contribution in [3.8, 4) is 11.3 Å². The SMILES string of the molecule is Cn1nc(-c2cccnc2)c2c3c(cnc21)C(=O)N(c1ccccc1Cl)C3=O. The lowest BCUT2D eigenvalue weighted by Gasteiger charge is -2.15. The highest BCUT2D eigenvalue weighted by atomic mass is 35.5. The number of nitrogens with zero attached hydrogens (tertiary/aromatic N) is 5. The van der Waals surface area contributed by atoms with Crippen molar-refractivity contribution < 1.29 is 9.59 Å². The van der Waals surface area contributed by atoms with Gasteiger partial charge in [0.1, 0.15) is 5.69 Å². The highest BCUT2D eigenvalue weighted by Crippen LogP contribution is 2.38. The average molecular weight is 390 g/mol. The van der Waals surface area contributed by atoms with Crippen molar-refractivity contribution in [1.82, 2.24) is 19.7 Å². The Labute approximate surface area is 164 Å². The lowest BCUT2D eigenvalue weighted by atomic mass is 10.0. The zero-order chi connectivity index (χ0) is 19.4. The van der Waals surface area contributed by atoms with Gasteiger partial charge in [0.25, 0.3) is 11.8 Å². The standard InChI is InChI=1S/C20H12ClN5O2/c1-25-18-16(17(24-25)11-5-4-8-22-9-11)15-12(10-23-18)19(27)26(20(15)28)14-7-3-2-6-13(14)21/h2-10H,1H3. The number of amides is 2. The number of carbonyl (C=O) groups excluding carboxylic acids is 2. The van der Waals surface area contributed by atoms with E-state index in [0.717, 1.165) is 10.5 Å². The maximum absolute atomic E-state index is 13.3. The molecule has 0 unspecified atom stereocenters. The average Bonchev–Trinajstić information content (AvgIpc) is 3.18. The number of aryl methyl sites for hydroxylation is 1. The summed E-state index contributed by atoms with van der Waals surface area (Å²) >= 11 is 6.24. The van der Waals surface area contributed by atoms with Crippen LogP contribution in [0.4, 0.5) is 5.69 Å². The molecule has 0 radical (unpaired) electrons. The number of hydrogen-bond donors (Lipinski definition) is 0. The van der Waals surface area contributed by atoms with Gasteiger partial charge in [-0.15, -0.1) is 0 Å². The number of halogens is 1. The van der Waals surface area contributed by atoms with Crippen molar-refractivity contribution in [2.45, 2.75) is 0 Å². The van der Waals surface area contributed by atoms with Gasteiger partial charge >= 0.3 is 0 Å².